The molecule has 2 N–H and O–H groups in total. The number of hydrogen-bond donors (Lipinski definition) is 2. The second-order valence-electron chi connectivity index (χ2n) is 6.39. The molecule has 7 heteroatoms. The Labute approximate surface area is 155 Å². The molecule has 2 rings (SSSR count). The number of hydrogen-bond acceptors (Lipinski definition) is 4. The van der Waals surface area contributed by atoms with Crippen LogP contribution in [0, 0.1) is 0 Å². The summed E-state index contributed by atoms with van der Waals surface area (Å²) in [6.45, 7) is 5.80. The summed E-state index contributed by atoms with van der Waals surface area (Å²) in [4.78, 5) is 6.82. The van der Waals surface area contributed by atoms with Crippen molar-refractivity contribution in [3.8, 4) is 11.5 Å². The van der Waals surface area contributed by atoms with Gasteiger partial charge in [0.15, 0.2) is 5.96 Å². The zero-order valence-electron chi connectivity index (χ0n) is 16.1. The molecule has 1 aromatic carbocycles. The summed E-state index contributed by atoms with van der Waals surface area (Å²) in [5, 5.41) is 6.69. The lowest BCUT2D eigenvalue weighted by atomic mass is 10.2. The Morgan fingerprint density at radius 3 is 2.62 bits per heavy atom. The van der Waals surface area contributed by atoms with Crippen LogP contribution in [0.3, 0.4) is 0 Å². The zero-order chi connectivity index (χ0) is 18.8. The molecule has 1 aromatic rings. The van der Waals surface area contributed by atoms with E-state index in [1.807, 2.05) is 25.1 Å². The van der Waals surface area contributed by atoms with E-state index in [9.17, 15) is 4.39 Å². The number of nitrogens with one attached hydrogen (secondary N) is 2. The first-order chi connectivity index (χ1) is 12.7. The van der Waals surface area contributed by atoms with E-state index in [1.165, 1.54) is 5.56 Å². The van der Waals surface area contributed by atoms with Crippen molar-refractivity contribution < 1.29 is 13.9 Å². The highest BCUT2D eigenvalue weighted by Crippen LogP contribution is 2.24. The van der Waals surface area contributed by atoms with Crippen LogP contribution in [0.25, 0.3) is 0 Å². The van der Waals surface area contributed by atoms with Crippen LogP contribution in [-0.2, 0) is 6.54 Å². The minimum Gasteiger partial charge on any atom is -0.497 e. The first kappa shape index (κ1) is 20.3. The van der Waals surface area contributed by atoms with E-state index in [0.717, 1.165) is 50.1 Å². The molecule has 0 spiro atoms. The molecule has 0 saturated carbocycles. The molecule has 1 aliphatic rings. The largest absolute Gasteiger partial charge is 0.497 e. The first-order valence-corrected chi connectivity index (χ1v) is 9.23. The van der Waals surface area contributed by atoms with Gasteiger partial charge in [0.2, 0.25) is 0 Å². The highest BCUT2D eigenvalue weighted by molar-refractivity contribution is 5.80. The Hall–Kier alpha value is -2.02. The fourth-order valence-electron chi connectivity index (χ4n) is 3.07. The number of guanidine groups is 1. The van der Waals surface area contributed by atoms with Crippen molar-refractivity contribution in [1.29, 1.82) is 0 Å². The van der Waals surface area contributed by atoms with Crippen molar-refractivity contribution in [3.63, 3.8) is 0 Å². The number of methoxy groups -OCH3 is 2. The van der Waals surface area contributed by atoms with Gasteiger partial charge in [-0.3, -0.25) is 14.3 Å². The molecule has 1 unspecified atom stereocenters. The van der Waals surface area contributed by atoms with E-state index in [4.69, 9.17) is 9.47 Å². The molecule has 0 radical (unpaired) electrons. The lowest BCUT2D eigenvalue weighted by Gasteiger charge is -2.19. The maximum atomic E-state index is 12.3. The van der Waals surface area contributed by atoms with Gasteiger partial charge >= 0.3 is 0 Å². The summed E-state index contributed by atoms with van der Waals surface area (Å²) in [6.07, 6.45) is 1.51. The molecule has 1 atom stereocenters. The molecular weight excluding hydrogens is 335 g/mol. The average Bonchev–Trinajstić information content (AvgIpc) is 3.08. The topological polar surface area (TPSA) is 58.1 Å². The van der Waals surface area contributed by atoms with Gasteiger partial charge in [-0.25, -0.2) is 0 Å². The predicted octanol–water partition coefficient (Wildman–Crippen LogP) is 2.19. The van der Waals surface area contributed by atoms with E-state index in [1.54, 1.807) is 14.2 Å². The van der Waals surface area contributed by atoms with Crippen LogP contribution < -0.4 is 20.1 Å². The molecule has 0 bridgehead atoms. The third-order valence-corrected chi connectivity index (χ3v) is 4.34. The van der Waals surface area contributed by atoms with Crippen molar-refractivity contribution in [1.82, 2.24) is 15.5 Å². The van der Waals surface area contributed by atoms with Crippen LogP contribution in [0.5, 0.6) is 11.5 Å². The SMILES string of the molecule is CCNC(=NCCCF)NC1CCN(Cc2cc(OC)cc(OC)c2)C1. The summed E-state index contributed by atoms with van der Waals surface area (Å²) in [6, 6.07) is 6.32. The lowest BCUT2D eigenvalue weighted by molar-refractivity contribution is 0.321. The van der Waals surface area contributed by atoms with Gasteiger partial charge in [0, 0.05) is 44.8 Å². The molecule has 0 aliphatic carbocycles. The van der Waals surface area contributed by atoms with Crippen LogP contribution in [0.15, 0.2) is 23.2 Å². The fourth-order valence-corrected chi connectivity index (χ4v) is 3.07. The van der Waals surface area contributed by atoms with Gasteiger partial charge in [0.25, 0.3) is 0 Å². The molecule has 1 aliphatic heterocycles. The summed E-state index contributed by atoms with van der Waals surface area (Å²) in [5.41, 5.74) is 1.17. The Morgan fingerprint density at radius 1 is 1.27 bits per heavy atom. The standard InChI is InChI=1S/C19H31FN4O2/c1-4-21-19(22-8-5-7-20)23-16-6-9-24(14-16)13-15-10-17(25-2)12-18(11-15)26-3/h10-12,16H,4-9,13-14H2,1-3H3,(H2,21,22,23). The van der Waals surface area contributed by atoms with Gasteiger partial charge < -0.3 is 20.1 Å². The molecule has 1 fully saturated rings. The number of nitrogens with zero attached hydrogens (tertiary/aromatic N) is 2. The molecular formula is C19H31FN4O2. The maximum Gasteiger partial charge on any atom is 0.191 e. The van der Waals surface area contributed by atoms with Gasteiger partial charge in [0.1, 0.15) is 11.5 Å². The Morgan fingerprint density at radius 2 is 2.00 bits per heavy atom. The Kier molecular flexibility index (Phi) is 8.47. The third-order valence-electron chi connectivity index (χ3n) is 4.34. The van der Waals surface area contributed by atoms with Crippen LogP contribution >= 0.6 is 0 Å². The van der Waals surface area contributed by atoms with Crippen LogP contribution in [0.2, 0.25) is 0 Å². The van der Waals surface area contributed by atoms with Crippen molar-refractivity contribution in [2.75, 3.05) is 47.1 Å². The van der Waals surface area contributed by atoms with Crippen LogP contribution in [-0.4, -0.2) is 64.0 Å². The Balaban J connectivity index is 1.90. The highest BCUT2D eigenvalue weighted by Gasteiger charge is 2.23. The fraction of sp³-hybridized carbons (Fsp3) is 0.632. The molecule has 146 valence electrons. The zero-order valence-corrected chi connectivity index (χ0v) is 16.1. The van der Waals surface area contributed by atoms with Crippen molar-refractivity contribution in [2.24, 2.45) is 4.99 Å². The molecule has 1 heterocycles. The normalized spacial score (nSPS) is 18.0. The smallest absolute Gasteiger partial charge is 0.191 e. The van der Waals surface area contributed by atoms with Gasteiger partial charge in [-0.1, -0.05) is 0 Å². The number of ether oxygens (including phenoxy) is 2. The van der Waals surface area contributed by atoms with Crippen LogP contribution in [0.1, 0.15) is 25.3 Å². The summed E-state index contributed by atoms with van der Waals surface area (Å²) in [7, 11) is 3.33. The van der Waals surface area contributed by atoms with Crippen molar-refractivity contribution >= 4 is 5.96 Å². The number of alkyl halides is 1. The monoisotopic (exact) mass is 366 g/mol. The van der Waals surface area contributed by atoms with Crippen molar-refractivity contribution in [3.05, 3.63) is 23.8 Å². The quantitative estimate of drug-likeness (QED) is 0.399. The van der Waals surface area contributed by atoms with E-state index in [0.29, 0.717) is 19.0 Å². The van der Waals surface area contributed by atoms with E-state index >= 15 is 0 Å². The summed E-state index contributed by atoms with van der Waals surface area (Å²) >= 11 is 0. The second kappa shape index (κ2) is 10.9. The van der Waals surface area contributed by atoms with Gasteiger partial charge in [-0.15, -0.1) is 0 Å². The lowest BCUT2D eigenvalue weighted by Crippen LogP contribution is -2.44. The summed E-state index contributed by atoms with van der Waals surface area (Å²) in [5.74, 6) is 2.39. The minimum absolute atomic E-state index is 0.329. The number of aliphatic imine (C=N–C) groups is 1. The number of likely N-dealkylation sites (tertiary alicyclic amines) is 1. The average molecular weight is 366 g/mol. The van der Waals surface area contributed by atoms with E-state index < -0.39 is 0 Å². The molecule has 26 heavy (non-hydrogen) atoms. The summed E-state index contributed by atoms with van der Waals surface area (Å²) < 4.78 is 23.0. The van der Waals surface area contributed by atoms with Crippen LogP contribution in [0.4, 0.5) is 4.39 Å². The highest BCUT2D eigenvalue weighted by atomic mass is 19.1. The predicted molar refractivity (Wildman–Crippen MR) is 103 cm³/mol. The molecule has 0 aromatic heterocycles. The minimum atomic E-state index is -0.329. The number of rotatable bonds is 9. The molecule has 1 saturated heterocycles. The molecule has 0 amide bonds. The van der Waals surface area contributed by atoms with Gasteiger partial charge in [0.05, 0.1) is 20.9 Å². The van der Waals surface area contributed by atoms with Gasteiger partial charge in [-0.05, 0) is 37.5 Å². The van der Waals surface area contributed by atoms with E-state index in [-0.39, 0.29) is 6.67 Å². The maximum absolute atomic E-state index is 12.3. The second-order valence-corrected chi connectivity index (χ2v) is 6.39. The van der Waals surface area contributed by atoms with E-state index in [2.05, 4.69) is 20.5 Å². The van der Waals surface area contributed by atoms with Gasteiger partial charge in [-0.2, -0.15) is 0 Å². The first-order valence-electron chi connectivity index (χ1n) is 9.23. The number of halogens is 1. The Bertz CT molecular complexity index is 560. The molecule has 6 nitrogen and oxygen atoms in total. The van der Waals surface area contributed by atoms with Crippen molar-refractivity contribution in [2.45, 2.75) is 32.4 Å². The number of benzene rings is 1. The third kappa shape index (κ3) is 6.37.